The van der Waals surface area contributed by atoms with Crippen molar-refractivity contribution in [2.24, 2.45) is 0 Å². The van der Waals surface area contributed by atoms with Gasteiger partial charge in [-0.2, -0.15) is 0 Å². The maximum atomic E-state index is 12.5. The smallest absolute Gasteiger partial charge is 0.413 e. The number of nitrogens with one attached hydrogen (secondary N) is 3. The first-order chi connectivity index (χ1) is 32.3. The van der Waals surface area contributed by atoms with E-state index in [1.165, 1.54) is 6.20 Å². The van der Waals surface area contributed by atoms with Crippen molar-refractivity contribution < 1.29 is 19.0 Å². The van der Waals surface area contributed by atoms with Crippen molar-refractivity contribution >= 4 is 39.8 Å². The Labute approximate surface area is 389 Å². The molecule has 1 amide bonds. The number of pyridine rings is 4. The lowest BCUT2D eigenvalue weighted by Crippen LogP contribution is -2.43. The second-order valence-corrected chi connectivity index (χ2v) is 17.7. The summed E-state index contributed by atoms with van der Waals surface area (Å²) in [6, 6.07) is 11.2. The predicted octanol–water partition coefficient (Wildman–Crippen LogP) is 3.83. The van der Waals surface area contributed by atoms with Crippen LogP contribution in [0.25, 0.3) is 22.1 Å². The molecule has 0 unspecified atom stereocenters. The Hall–Kier alpha value is -6.61. The van der Waals surface area contributed by atoms with E-state index in [-0.39, 0.29) is 11.1 Å². The number of carbonyl (C=O) groups is 1. The Morgan fingerprint density at radius 2 is 1.12 bits per heavy atom. The number of aromatic nitrogens is 8. The molecule has 8 rings (SSSR count). The second kappa shape index (κ2) is 22.7. The number of hydrogen-bond acceptors (Lipinski definition) is 17. The number of carbonyl (C=O) groups excluding carboxylic acids is 1. The molecule has 2 aliphatic rings. The van der Waals surface area contributed by atoms with Crippen molar-refractivity contribution in [3.63, 3.8) is 0 Å². The van der Waals surface area contributed by atoms with Gasteiger partial charge in [-0.25, -0.2) is 14.8 Å². The topological polar surface area (TPSA) is 235 Å². The zero-order chi connectivity index (χ0) is 47.3. The van der Waals surface area contributed by atoms with Gasteiger partial charge < -0.3 is 49.5 Å². The fraction of sp³-hybridized carbons (Fsp3) is 0.468. The minimum Gasteiger partial charge on any atom is -0.495 e. The molecule has 0 spiro atoms. The van der Waals surface area contributed by atoms with Crippen LogP contribution >= 0.6 is 0 Å². The Balaban J connectivity index is 0.000000203. The Morgan fingerprint density at radius 1 is 0.642 bits per heavy atom. The fourth-order valence-corrected chi connectivity index (χ4v) is 8.06. The Morgan fingerprint density at radius 3 is 1.54 bits per heavy atom. The number of piperidine rings is 2. The lowest BCUT2D eigenvalue weighted by atomic mass is 10.0. The van der Waals surface area contributed by atoms with Crippen molar-refractivity contribution in [2.75, 3.05) is 64.5 Å². The molecule has 0 aromatic carbocycles. The summed E-state index contributed by atoms with van der Waals surface area (Å²) in [4.78, 5) is 67.4. The third-order valence-corrected chi connectivity index (χ3v) is 11.8. The lowest BCUT2D eigenvalue weighted by molar-refractivity contribution is 0.0635. The van der Waals surface area contributed by atoms with Crippen LogP contribution in [0.2, 0.25) is 0 Å². The van der Waals surface area contributed by atoms with Crippen LogP contribution in [-0.2, 0) is 30.9 Å². The lowest BCUT2D eigenvalue weighted by Gasteiger charge is -2.32. The highest BCUT2D eigenvalue weighted by atomic mass is 16.6. The summed E-state index contributed by atoms with van der Waals surface area (Å²) in [5.41, 5.74) is 9.82. The van der Waals surface area contributed by atoms with Crippen LogP contribution in [0.5, 0.6) is 11.5 Å². The third-order valence-electron chi connectivity index (χ3n) is 11.8. The molecule has 67 heavy (non-hydrogen) atoms. The first-order valence-corrected chi connectivity index (χ1v) is 22.7. The number of hydrogen-bond donors (Lipinski definition) is 4. The van der Waals surface area contributed by atoms with Crippen molar-refractivity contribution in [2.45, 2.75) is 90.3 Å². The maximum Gasteiger partial charge on any atom is 0.413 e. The van der Waals surface area contributed by atoms with Crippen LogP contribution in [-0.4, -0.2) is 126 Å². The monoisotopic (exact) mass is 918 g/mol. The summed E-state index contributed by atoms with van der Waals surface area (Å²) < 4.78 is 19.3. The molecule has 8 heterocycles. The van der Waals surface area contributed by atoms with Gasteiger partial charge in [0, 0.05) is 75.6 Å². The van der Waals surface area contributed by atoms with Gasteiger partial charge in [0.1, 0.15) is 22.9 Å². The molecule has 356 valence electrons. The average molecular weight is 919 g/mol. The van der Waals surface area contributed by atoms with Crippen molar-refractivity contribution in [1.82, 2.24) is 59.5 Å². The second-order valence-electron chi connectivity index (χ2n) is 17.7. The van der Waals surface area contributed by atoms with E-state index >= 15 is 0 Å². The number of nitrogens with zero attached hydrogens (tertiary/aromatic N) is 10. The molecule has 2 fully saturated rings. The molecular formula is C47H62N14O6. The molecule has 20 nitrogen and oxygen atoms in total. The standard InChI is InChI=1S/C26H35N7O4.C21H27N7O2/c1-26(2,3)37-25(35)31-23-17-28-19(15-30-23)14-27-18-7-9-32(10-8-18)11-12-33-22-13-20(36-4)16-29-21(22)5-6-24(33)34;1-30-17-10-19-18(25-13-17)2-3-21(29)28(19)9-8-27-6-4-15(5-7-27)23-11-16-12-26-20(22)14-24-16/h5-6,13,15-18,27H,7-12,14H2,1-4H3,(H,30,31,35);2-3,10,12-15,23H,4-9,11H2,1H3,(H2,22,26). The van der Waals surface area contributed by atoms with E-state index in [1.54, 1.807) is 99.4 Å². The number of anilines is 2. The summed E-state index contributed by atoms with van der Waals surface area (Å²) in [6.07, 6.45) is 13.4. The predicted molar refractivity (Wildman–Crippen MR) is 256 cm³/mol. The highest BCUT2D eigenvalue weighted by molar-refractivity contribution is 5.83. The largest absolute Gasteiger partial charge is 0.495 e. The third kappa shape index (κ3) is 14.0. The highest BCUT2D eigenvalue weighted by Gasteiger charge is 2.22. The SMILES string of the molecule is COc1cnc2ccc(=O)n(CCN3CCC(NCc4cnc(N)cn4)CC3)c2c1.COc1cnc2ccc(=O)n(CCN3CCC(NCc4cnc(NC(=O)OC(C)(C)C)cn4)CC3)c2c1. The van der Waals surface area contributed by atoms with Crippen molar-refractivity contribution in [1.29, 1.82) is 0 Å². The van der Waals surface area contributed by atoms with Gasteiger partial charge in [0.25, 0.3) is 11.1 Å². The normalized spacial score (nSPS) is 15.2. The molecule has 0 saturated carbocycles. The molecule has 0 bridgehead atoms. The van der Waals surface area contributed by atoms with Crippen LogP contribution in [0.3, 0.4) is 0 Å². The van der Waals surface area contributed by atoms with E-state index in [1.807, 2.05) is 12.1 Å². The number of nitrogens with two attached hydrogens (primary N) is 1. The highest BCUT2D eigenvalue weighted by Crippen LogP contribution is 2.20. The van der Waals surface area contributed by atoms with Gasteiger partial charge >= 0.3 is 6.09 Å². The molecule has 2 saturated heterocycles. The number of methoxy groups -OCH3 is 2. The van der Waals surface area contributed by atoms with Gasteiger partial charge in [0.2, 0.25) is 0 Å². The van der Waals surface area contributed by atoms with Gasteiger partial charge in [-0.1, -0.05) is 0 Å². The van der Waals surface area contributed by atoms with E-state index in [4.69, 9.17) is 19.9 Å². The van der Waals surface area contributed by atoms with Gasteiger partial charge in [0.15, 0.2) is 5.82 Å². The summed E-state index contributed by atoms with van der Waals surface area (Å²) in [5.74, 6) is 2.08. The Kier molecular flexibility index (Phi) is 16.4. The zero-order valence-electron chi connectivity index (χ0n) is 39.0. The quantitative estimate of drug-likeness (QED) is 0.115. The average Bonchev–Trinajstić information content (AvgIpc) is 3.33. The minimum absolute atomic E-state index is 0.0151. The number of amides is 1. The van der Waals surface area contributed by atoms with Crippen LogP contribution in [0.4, 0.5) is 16.4 Å². The molecule has 5 N–H and O–H groups in total. The van der Waals surface area contributed by atoms with Crippen molar-refractivity contribution in [3.8, 4) is 11.5 Å². The van der Waals surface area contributed by atoms with E-state index in [9.17, 15) is 14.4 Å². The number of rotatable bonds is 15. The molecule has 0 aliphatic carbocycles. The molecule has 6 aromatic rings. The van der Waals surface area contributed by atoms with Crippen LogP contribution in [0, 0.1) is 0 Å². The summed E-state index contributed by atoms with van der Waals surface area (Å²) in [6.45, 7) is 13.4. The fourth-order valence-electron chi connectivity index (χ4n) is 8.06. The number of likely N-dealkylation sites (tertiary alicyclic amines) is 2. The first kappa shape index (κ1) is 48.3. The summed E-state index contributed by atoms with van der Waals surface area (Å²) in [7, 11) is 3.20. The van der Waals surface area contributed by atoms with Gasteiger partial charge in [0.05, 0.1) is 84.9 Å². The van der Waals surface area contributed by atoms with Crippen molar-refractivity contribution in [3.05, 3.63) is 106 Å². The molecule has 2 aliphatic heterocycles. The molecule has 0 radical (unpaired) electrons. The maximum absolute atomic E-state index is 12.5. The number of fused-ring (bicyclic) bond motifs is 2. The number of ether oxygens (including phenoxy) is 3. The molecule has 20 heteroatoms. The Bertz CT molecular complexity index is 2670. The van der Waals surface area contributed by atoms with Gasteiger partial charge in [-0.05, 0) is 84.8 Å². The molecular weight excluding hydrogens is 857 g/mol. The number of nitrogen functional groups attached to an aromatic ring is 1. The van der Waals surface area contributed by atoms with E-state index < -0.39 is 11.7 Å². The van der Waals surface area contributed by atoms with Gasteiger partial charge in [-0.15, -0.1) is 0 Å². The van der Waals surface area contributed by atoms with Crippen LogP contribution in [0.1, 0.15) is 57.8 Å². The van der Waals surface area contributed by atoms with Crippen LogP contribution in [0.15, 0.2) is 83.2 Å². The zero-order valence-corrected chi connectivity index (χ0v) is 39.0. The van der Waals surface area contributed by atoms with Gasteiger partial charge in [-0.3, -0.25) is 34.8 Å². The summed E-state index contributed by atoms with van der Waals surface area (Å²) in [5, 5.41) is 9.69. The molecule has 6 aromatic heterocycles. The van der Waals surface area contributed by atoms with E-state index in [0.717, 1.165) is 98.4 Å². The molecule has 0 atom stereocenters. The minimum atomic E-state index is -0.573. The van der Waals surface area contributed by atoms with E-state index in [0.29, 0.717) is 61.4 Å². The summed E-state index contributed by atoms with van der Waals surface area (Å²) >= 11 is 0. The van der Waals surface area contributed by atoms with E-state index in [2.05, 4.69) is 55.7 Å². The first-order valence-electron chi connectivity index (χ1n) is 22.7. The van der Waals surface area contributed by atoms with Crippen LogP contribution < -0.4 is 42.3 Å².